The Labute approximate surface area is 163 Å². The van der Waals surface area contributed by atoms with Gasteiger partial charge in [0.25, 0.3) is 0 Å². The van der Waals surface area contributed by atoms with Gasteiger partial charge in [0.15, 0.2) is 11.5 Å². The second-order valence-corrected chi connectivity index (χ2v) is 7.33. The SMILES string of the molecule is CC(C)[C@H](C(=O)OCc1cc(Cl)c2c(c1)OCCO2)c1ccc(Cl)cc1. The van der Waals surface area contributed by atoms with Crippen LogP contribution in [-0.4, -0.2) is 19.2 Å². The van der Waals surface area contributed by atoms with Gasteiger partial charge in [-0.05, 0) is 41.3 Å². The zero-order chi connectivity index (χ0) is 18.7. The molecule has 138 valence electrons. The van der Waals surface area contributed by atoms with Crippen molar-refractivity contribution in [1.82, 2.24) is 0 Å². The minimum atomic E-state index is -0.361. The molecule has 1 aliphatic rings. The van der Waals surface area contributed by atoms with E-state index in [2.05, 4.69) is 0 Å². The summed E-state index contributed by atoms with van der Waals surface area (Å²) in [6, 6.07) is 10.8. The number of halogens is 2. The first-order valence-corrected chi connectivity index (χ1v) is 9.21. The topological polar surface area (TPSA) is 44.8 Å². The summed E-state index contributed by atoms with van der Waals surface area (Å²) < 4.78 is 16.6. The fraction of sp³-hybridized carbons (Fsp3) is 0.350. The van der Waals surface area contributed by atoms with E-state index in [1.807, 2.05) is 26.0 Å². The molecular formula is C20H20Cl2O4. The molecule has 1 atom stereocenters. The third kappa shape index (κ3) is 4.25. The molecule has 6 heteroatoms. The van der Waals surface area contributed by atoms with E-state index in [-0.39, 0.29) is 24.4 Å². The van der Waals surface area contributed by atoms with Crippen molar-refractivity contribution >= 4 is 29.2 Å². The summed E-state index contributed by atoms with van der Waals surface area (Å²) in [6.07, 6.45) is 0. The average molecular weight is 395 g/mol. The Bertz CT molecular complexity index is 787. The monoisotopic (exact) mass is 394 g/mol. The van der Waals surface area contributed by atoms with Gasteiger partial charge in [-0.3, -0.25) is 4.79 Å². The molecule has 0 aliphatic carbocycles. The molecule has 0 aromatic heterocycles. The first kappa shape index (κ1) is 18.9. The molecule has 2 aromatic carbocycles. The van der Waals surface area contributed by atoms with E-state index in [0.29, 0.717) is 34.8 Å². The fourth-order valence-electron chi connectivity index (χ4n) is 2.96. The number of carbonyl (C=O) groups excluding carboxylic acids is 1. The summed E-state index contributed by atoms with van der Waals surface area (Å²) in [6.45, 7) is 5.03. The van der Waals surface area contributed by atoms with Crippen LogP contribution >= 0.6 is 23.2 Å². The van der Waals surface area contributed by atoms with Gasteiger partial charge in [-0.25, -0.2) is 0 Å². The lowest BCUT2D eigenvalue weighted by molar-refractivity contribution is -0.148. The molecule has 4 nitrogen and oxygen atoms in total. The molecule has 1 heterocycles. The van der Waals surface area contributed by atoms with Gasteiger partial charge in [0.05, 0.1) is 10.9 Å². The van der Waals surface area contributed by atoms with Gasteiger partial charge < -0.3 is 14.2 Å². The van der Waals surface area contributed by atoms with Crippen molar-refractivity contribution in [3.63, 3.8) is 0 Å². The predicted molar refractivity (Wildman–Crippen MR) is 101 cm³/mol. The van der Waals surface area contributed by atoms with Gasteiger partial charge in [0, 0.05) is 5.02 Å². The van der Waals surface area contributed by atoms with Crippen molar-refractivity contribution in [2.24, 2.45) is 5.92 Å². The van der Waals surface area contributed by atoms with Crippen molar-refractivity contribution in [3.05, 3.63) is 57.6 Å². The van der Waals surface area contributed by atoms with Gasteiger partial charge in [-0.2, -0.15) is 0 Å². The lowest BCUT2D eigenvalue weighted by Gasteiger charge is -2.22. The summed E-state index contributed by atoms with van der Waals surface area (Å²) in [4.78, 5) is 12.7. The second-order valence-electron chi connectivity index (χ2n) is 6.48. The summed E-state index contributed by atoms with van der Waals surface area (Å²) in [5.74, 6) is 0.558. The van der Waals surface area contributed by atoms with Crippen LogP contribution in [0.25, 0.3) is 0 Å². The molecule has 0 bridgehead atoms. The molecule has 0 amide bonds. The van der Waals surface area contributed by atoms with Crippen LogP contribution in [0.4, 0.5) is 0 Å². The van der Waals surface area contributed by atoms with E-state index >= 15 is 0 Å². The summed E-state index contributed by atoms with van der Waals surface area (Å²) in [5.41, 5.74) is 1.64. The third-order valence-corrected chi connectivity index (χ3v) is 4.72. The van der Waals surface area contributed by atoms with Gasteiger partial charge in [0.2, 0.25) is 0 Å². The van der Waals surface area contributed by atoms with Gasteiger partial charge in [0.1, 0.15) is 19.8 Å². The molecule has 1 aliphatic heterocycles. The molecule has 0 saturated heterocycles. The smallest absolute Gasteiger partial charge is 0.314 e. The van der Waals surface area contributed by atoms with Crippen LogP contribution in [0.1, 0.15) is 30.9 Å². The Morgan fingerprint density at radius 3 is 2.50 bits per heavy atom. The molecule has 0 N–H and O–H groups in total. The molecule has 0 radical (unpaired) electrons. The minimum absolute atomic E-state index is 0.0903. The minimum Gasteiger partial charge on any atom is -0.486 e. The largest absolute Gasteiger partial charge is 0.486 e. The van der Waals surface area contributed by atoms with Crippen molar-refractivity contribution in [1.29, 1.82) is 0 Å². The van der Waals surface area contributed by atoms with Crippen LogP contribution < -0.4 is 9.47 Å². The van der Waals surface area contributed by atoms with Crippen LogP contribution in [0.15, 0.2) is 36.4 Å². The zero-order valence-corrected chi connectivity index (χ0v) is 16.1. The molecule has 26 heavy (non-hydrogen) atoms. The number of hydrogen-bond donors (Lipinski definition) is 0. The fourth-order valence-corrected chi connectivity index (χ4v) is 3.37. The number of fused-ring (bicyclic) bond motifs is 1. The maximum Gasteiger partial charge on any atom is 0.314 e. The second kappa shape index (κ2) is 8.19. The predicted octanol–water partition coefficient (Wildman–Crippen LogP) is 5.25. The summed E-state index contributed by atoms with van der Waals surface area (Å²) in [7, 11) is 0. The Kier molecular flexibility index (Phi) is 5.94. The van der Waals surface area contributed by atoms with Gasteiger partial charge >= 0.3 is 5.97 Å². The van der Waals surface area contributed by atoms with Gasteiger partial charge in [-0.15, -0.1) is 0 Å². The number of carbonyl (C=O) groups is 1. The number of benzene rings is 2. The Balaban J connectivity index is 1.72. The summed E-state index contributed by atoms with van der Waals surface area (Å²) in [5, 5.41) is 1.09. The highest BCUT2D eigenvalue weighted by molar-refractivity contribution is 6.32. The molecular weight excluding hydrogens is 375 g/mol. The quantitative estimate of drug-likeness (QED) is 0.649. The van der Waals surface area contributed by atoms with Crippen molar-refractivity contribution < 1.29 is 19.0 Å². The highest BCUT2D eigenvalue weighted by Gasteiger charge is 2.26. The normalized spacial score (nSPS) is 14.2. The maximum absolute atomic E-state index is 12.7. The lowest BCUT2D eigenvalue weighted by Crippen LogP contribution is -2.21. The van der Waals surface area contributed by atoms with Crippen LogP contribution in [0.3, 0.4) is 0 Å². The van der Waals surface area contributed by atoms with E-state index in [1.165, 1.54) is 0 Å². The first-order chi connectivity index (χ1) is 12.5. The number of esters is 1. The molecule has 0 fully saturated rings. The summed E-state index contributed by atoms with van der Waals surface area (Å²) >= 11 is 12.2. The highest BCUT2D eigenvalue weighted by atomic mass is 35.5. The zero-order valence-electron chi connectivity index (χ0n) is 14.6. The molecule has 2 aromatic rings. The van der Waals surface area contributed by atoms with E-state index in [1.54, 1.807) is 24.3 Å². The average Bonchev–Trinajstić information content (AvgIpc) is 2.61. The number of ether oxygens (including phenoxy) is 3. The third-order valence-electron chi connectivity index (χ3n) is 4.19. The molecule has 0 unspecified atom stereocenters. The number of hydrogen-bond acceptors (Lipinski definition) is 4. The Morgan fingerprint density at radius 1 is 1.12 bits per heavy atom. The lowest BCUT2D eigenvalue weighted by atomic mass is 9.88. The van der Waals surface area contributed by atoms with Crippen molar-refractivity contribution in [2.75, 3.05) is 13.2 Å². The van der Waals surface area contributed by atoms with E-state index < -0.39 is 0 Å². The molecule has 0 saturated carbocycles. The van der Waals surface area contributed by atoms with E-state index in [0.717, 1.165) is 11.1 Å². The Hall–Kier alpha value is -1.91. The Morgan fingerprint density at radius 2 is 1.81 bits per heavy atom. The van der Waals surface area contributed by atoms with Crippen molar-refractivity contribution in [3.8, 4) is 11.5 Å². The van der Waals surface area contributed by atoms with Gasteiger partial charge in [-0.1, -0.05) is 49.2 Å². The van der Waals surface area contributed by atoms with E-state index in [9.17, 15) is 4.79 Å². The van der Waals surface area contributed by atoms with Crippen LogP contribution in [0.2, 0.25) is 10.0 Å². The van der Waals surface area contributed by atoms with Crippen LogP contribution in [0.5, 0.6) is 11.5 Å². The van der Waals surface area contributed by atoms with Crippen LogP contribution in [0, 0.1) is 5.92 Å². The van der Waals surface area contributed by atoms with E-state index in [4.69, 9.17) is 37.4 Å². The standard InChI is InChI=1S/C20H20Cl2O4/c1-12(2)18(14-3-5-15(21)6-4-14)20(23)26-11-13-9-16(22)19-17(10-13)24-7-8-25-19/h3-6,9-10,12,18H,7-8,11H2,1-2H3/t18-/m0/s1. The molecule has 3 rings (SSSR count). The highest BCUT2D eigenvalue weighted by Crippen LogP contribution is 2.38. The van der Waals surface area contributed by atoms with Crippen molar-refractivity contribution in [2.45, 2.75) is 26.4 Å². The van der Waals surface area contributed by atoms with Crippen LogP contribution in [-0.2, 0) is 16.1 Å². The molecule has 0 spiro atoms. The number of rotatable bonds is 5. The first-order valence-electron chi connectivity index (χ1n) is 8.46. The maximum atomic E-state index is 12.7.